The van der Waals surface area contributed by atoms with E-state index in [9.17, 15) is 24.9 Å². The minimum absolute atomic E-state index is 0.0418. The number of ketones is 1. The highest BCUT2D eigenvalue weighted by Crippen LogP contribution is 2.49. The van der Waals surface area contributed by atoms with Crippen LogP contribution in [-0.4, -0.2) is 53.6 Å². The molecule has 1 saturated carbocycles. The molecular weight excluding hydrogens is 444 g/mol. The number of benzene rings is 2. The molecule has 2 aliphatic carbocycles. The Hall–Kier alpha value is -3.14. The lowest BCUT2D eigenvalue weighted by molar-refractivity contribution is -0.420. The van der Waals surface area contributed by atoms with Crippen molar-refractivity contribution in [2.45, 2.75) is 45.2 Å². The summed E-state index contributed by atoms with van der Waals surface area (Å²) in [6.07, 6.45) is -0.559. The molecule has 4 rings (SSSR count). The summed E-state index contributed by atoms with van der Waals surface area (Å²) in [5, 5.41) is 28.7. The highest BCUT2D eigenvalue weighted by molar-refractivity contribution is 6.02. The first-order valence-electron chi connectivity index (χ1n) is 11.2. The summed E-state index contributed by atoms with van der Waals surface area (Å²) in [6.45, 7) is 1.93. The maximum Gasteiger partial charge on any atom is 0.453 e. The van der Waals surface area contributed by atoms with E-state index in [-0.39, 0.29) is 42.2 Å². The molecule has 0 atom stereocenters. The van der Waals surface area contributed by atoms with Crippen LogP contribution in [0.1, 0.15) is 48.5 Å². The minimum atomic E-state index is -3.51. The molecule has 0 aromatic heterocycles. The van der Waals surface area contributed by atoms with Crippen LogP contribution in [0.2, 0.25) is 0 Å². The van der Waals surface area contributed by atoms with Gasteiger partial charge in [-0.1, -0.05) is 24.6 Å². The largest absolute Gasteiger partial charge is 0.493 e. The molecule has 0 unspecified atom stereocenters. The Morgan fingerprint density at radius 1 is 1.03 bits per heavy atom. The topological polar surface area (TPSA) is 132 Å². The van der Waals surface area contributed by atoms with Gasteiger partial charge in [0.15, 0.2) is 17.3 Å². The van der Waals surface area contributed by atoms with Gasteiger partial charge in [-0.15, -0.1) is 0 Å². The molecule has 0 aliphatic heterocycles. The molecule has 0 spiro atoms. The lowest BCUT2D eigenvalue weighted by Crippen LogP contribution is -2.44. The first-order chi connectivity index (χ1) is 16.2. The van der Waals surface area contributed by atoms with Crippen molar-refractivity contribution in [3.8, 4) is 28.4 Å². The van der Waals surface area contributed by atoms with E-state index in [1.54, 1.807) is 25.1 Å². The average molecular weight is 472 g/mol. The molecule has 1 fully saturated rings. The maximum atomic E-state index is 12.6. The summed E-state index contributed by atoms with van der Waals surface area (Å²) in [4.78, 5) is 24.9. The van der Waals surface area contributed by atoms with E-state index in [2.05, 4.69) is 0 Å². The van der Waals surface area contributed by atoms with Gasteiger partial charge in [-0.25, -0.2) is 0 Å². The summed E-state index contributed by atoms with van der Waals surface area (Å²) in [5.41, 5.74) is 1.80. The number of ether oxygens (including phenoxy) is 4. The fourth-order valence-electron chi connectivity index (χ4n) is 4.54. The summed E-state index contributed by atoms with van der Waals surface area (Å²) >= 11 is 0. The van der Waals surface area contributed by atoms with Crippen LogP contribution < -0.4 is 14.2 Å². The van der Waals surface area contributed by atoms with E-state index in [1.807, 2.05) is 6.07 Å². The molecule has 2 aromatic carbocycles. The Bertz CT molecular complexity index is 1100. The molecule has 0 heterocycles. The summed E-state index contributed by atoms with van der Waals surface area (Å²) in [6, 6.07) is 8.58. The molecule has 34 heavy (non-hydrogen) atoms. The van der Waals surface area contributed by atoms with Gasteiger partial charge in [-0.3, -0.25) is 9.59 Å². The predicted molar refractivity (Wildman–Crippen MR) is 120 cm³/mol. The third-order valence-corrected chi connectivity index (χ3v) is 6.42. The van der Waals surface area contributed by atoms with E-state index in [0.29, 0.717) is 42.4 Å². The fourth-order valence-corrected chi connectivity index (χ4v) is 4.54. The molecule has 2 aliphatic rings. The van der Waals surface area contributed by atoms with Crippen LogP contribution in [0.4, 0.5) is 0 Å². The first-order valence-corrected chi connectivity index (χ1v) is 11.2. The van der Waals surface area contributed by atoms with Crippen LogP contribution in [0.5, 0.6) is 17.2 Å². The lowest BCUT2D eigenvalue weighted by Gasteiger charge is -2.39. The number of hydrogen-bond donors (Lipinski definition) is 3. The number of aliphatic hydroxyl groups is 3. The molecule has 0 amide bonds. The molecule has 182 valence electrons. The summed E-state index contributed by atoms with van der Waals surface area (Å²) in [5.74, 6) is -0.458. The fraction of sp³-hybridized carbons (Fsp3) is 0.440. The van der Waals surface area contributed by atoms with Gasteiger partial charge in [-0.05, 0) is 49.4 Å². The Morgan fingerprint density at radius 3 is 2.38 bits per heavy atom. The van der Waals surface area contributed by atoms with Crippen molar-refractivity contribution in [1.29, 1.82) is 0 Å². The zero-order valence-electron chi connectivity index (χ0n) is 19.1. The zero-order chi connectivity index (χ0) is 24.5. The number of esters is 1. The van der Waals surface area contributed by atoms with E-state index in [0.717, 1.165) is 12.0 Å². The number of carbonyl (C=O) groups is 2. The normalized spacial score (nSPS) is 16.4. The summed E-state index contributed by atoms with van der Waals surface area (Å²) < 4.78 is 21.7. The molecule has 9 heteroatoms. The predicted octanol–water partition coefficient (Wildman–Crippen LogP) is 2.57. The highest BCUT2D eigenvalue weighted by Gasteiger charge is 2.47. The van der Waals surface area contributed by atoms with Crippen LogP contribution in [0.3, 0.4) is 0 Å². The average Bonchev–Trinajstić information content (AvgIpc) is 3.14. The van der Waals surface area contributed by atoms with Crippen molar-refractivity contribution >= 4 is 11.8 Å². The number of Topliss-reactive ketones (excluding diaryl/α,β-unsaturated/α-hetero) is 1. The van der Waals surface area contributed by atoms with Gasteiger partial charge < -0.3 is 34.3 Å². The molecule has 2 aromatic rings. The number of fused-ring (bicyclic) bond motifs is 1. The number of hydrogen-bond acceptors (Lipinski definition) is 9. The molecular formula is C25H28O9. The lowest BCUT2D eigenvalue weighted by atomic mass is 9.69. The van der Waals surface area contributed by atoms with Crippen molar-refractivity contribution in [1.82, 2.24) is 0 Å². The van der Waals surface area contributed by atoms with Crippen LogP contribution in [-0.2, 0) is 16.0 Å². The van der Waals surface area contributed by atoms with Crippen LogP contribution in [0, 0.1) is 5.41 Å². The Morgan fingerprint density at radius 2 is 1.76 bits per heavy atom. The molecule has 0 radical (unpaired) electrons. The third-order valence-electron chi connectivity index (χ3n) is 6.42. The van der Waals surface area contributed by atoms with E-state index >= 15 is 0 Å². The standard InChI is InChI=1S/C25H28O9/c1-3-32-23(27)24(12-5-13-24)14-33-21-18(9-11-20(31-2)22(21)34-25(28,29)30)15-6-4-7-17-16(15)8-10-19(17)26/h4,6-7,9,11,28-30H,3,5,8,10,12-14H2,1-2H3. The number of rotatable bonds is 9. The quantitative estimate of drug-likeness (QED) is 0.372. The minimum Gasteiger partial charge on any atom is -0.493 e. The first kappa shape index (κ1) is 24.0. The molecule has 3 N–H and O–H groups in total. The van der Waals surface area contributed by atoms with Crippen molar-refractivity contribution in [3.63, 3.8) is 0 Å². The second kappa shape index (κ2) is 9.25. The Kier molecular flexibility index (Phi) is 6.53. The number of carbonyl (C=O) groups excluding carboxylic acids is 2. The number of methoxy groups -OCH3 is 1. The van der Waals surface area contributed by atoms with E-state index in [4.69, 9.17) is 18.9 Å². The van der Waals surface area contributed by atoms with Gasteiger partial charge in [0.25, 0.3) is 0 Å². The van der Waals surface area contributed by atoms with Crippen molar-refractivity contribution in [3.05, 3.63) is 41.5 Å². The zero-order valence-corrected chi connectivity index (χ0v) is 19.1. The van der Waals surface area contributed by atoms with Crippen molar-refractivity contribution in [2.75, 3.05) is 20.3 Å². The van der Waals surface area contributed by atoms with Crippen molar-refractivity contribution < 1.29 is 43.9 Å². The van der Waals surface area contributed by atoms with Gasteiger partial charge >= 0.3 is 12.1 Å². The molecule has 0 saturated heterocycles. The van der Waals surface area contributed by atoms with Crippen LogP contribution >= 0.6 is 0 Å². The van der Waals surface area contributed by atoms with Crippen LogP contribution in [0.15, 0.2) is 30.3 Å². The van der Waals surface area contributed by atoms with E-state index in [1.165, 1.54) is 13.2 Å². The Labute approximate surface area is 196 Å². The van der Waals surface area contributed by atoms with Gasteiger partial charge in [-0.2, -0.15) is 0 Å². The van der Waals surface area contributed by atoms with Gasteiger partial charge in [0.2, 0.25) is 5.75 Å². The molecule has 0 bridgehead atoms. The monoisotopic (exact) mass is 472 g/mol. The van der Waals surface area contributed by atoms with Crippen LogP contribution in [0.25, 0.3) is 11.1 Å². The van der Waals surface area contributed by atoms with Gasteiger partial charge in [0, 0.05) is 17.5 Å². The maximum absolute atomic E-state index is 12.6. The van der Waals surface area contributed by atoms with E-state index < -0.39 is 11.6 Å². The third kappa shape index (κ3) is 4.46. The van der Waals surface area contributed by atoms with Gasteiger partial charge in [0.1, 0.15) is 12.0 Å². The van der Waals surface area contributed by atoms with Gasteiger partial charge in [0.05, 0.1) is 13.7 Å². The SMILES string of the molecule is CCOC(=O)C1(COc2c(-c3cccc4c3CCC4=O)ccc(OC)c2OC(O)(O)O)CCC1. The smallest absolute Gasteiger partial charge is 0.453 e. The molecule has 9 nitrogen and oxygen atoms in total. The van der Waals surface area contributed by atoms with Crippen molar-refractivity contribution in [2.24, 2.45) is 5.41 Å². The second-order valence-corrected chi connectivity index (χ2v) is 8.55. The second-order valence-electron chi connectivity index (χ2n) is 8.55. The highest BCUT2D eigenvalue weighted by atomic mass is 16.9. The summed E-state index contributed by atoms with van der Waals surface area (Å²) in [7, 11) is 1.35. The Balaban J connectivity index is 1.82.